The van der Waals surface area contributed by atoms with E-state index in [0.29, 0.717) is 23.0 Å². The van der Waals surface area contributed by atoms with Gasteiger partial charge in [0.25, 0.3) is 0 Å². The van der Waals surface area contributed by atoms with Crippen LogP contribution >= 0.6 is 46.4 Å². The van der Waals surface area contributed by atoms with Crippen LogP contribution in [-0.2, 0) is 12.4 Å². The van der Waals surface area contributed by atoms with Crippen molar-refractivity contribution >= 4 is 66.2 Å². The Morgan fingerprint density at radius 3 is 0.735 bits per heavy atom. The van der Waals surface area contributed by atoms with E-state index in [1.807, 2.05) is 121 Å². The van der Waals surface area contributed by atoms with Crippen molar-refractivity contribution in [1.82, 2.24) is 0 Å². The maximum absolute atomic E-state index is 6.65. The summed E-state index contributed by atoms with van der Waals surface area (Å²) in [4.78, 5) is 0. The molecule has 0 spiro atoms. The van der Waals surface area contributed by atoms with Gasteiger partial charge in [0.1, 0.15) is 0 Å². The molecule has 0 heterocycles. The van der Waals surface area contributed by atoms with Gasteiger partial charge in [-0.15, -0.1) is 0 Å². The van der Waals surface area contributed by atoms with Crippen LogP contribution in [-0.4, -0.2) is 94.2 Å². The van der Waals surface area contributed by atoms with E-state index in [2.05, 4.69) is 0 Å². The molecule has 0 fully saturated rings. The fourth-order valence-corrected chi connectivity index (χ4v) is 10.2. The molecular weight excluding hydrogens is 830 g/mol. The number of halogens is 4. The summed E-state index contributed by atoms with van der Waals surface area (Å²) in [5.41, 5.74) is 0. The minimum atomic E-state index is -4.75. The molecule has 13 heteroatoms. The second-order valence-corrected chi connectivity index (χ2v) is 17.9. The van der Waals surface area contributed by atoms with Crippen molar-refractivity contribution in [3.63, 3.8) is 0 Å². The van der Waals surface area contributed by atoms with E-state index < -0.39 is 41.3 Å². The first-order valence-electron chi connectivity index (χ1n) is 15.6. The van der Waals surface area contributed by atoms with Crippen molar-refractivity contribution in [2.45, 2.75) is 21.5 Å². The standard InChI is InChI=1S/C36H40Cl4O8Te/c37-29(21-41-33-13-5-1-6-14-33)25-45-49(46-26-30(38)22-42-34-15-7-2-8-16-34,47-27-31(39)23-43-35-17-9-3-10-18-35)48-28-32(40)24-44-36-19-11-4-12-20-36/h1-20,29-32H,21-28H2. The van der Waals surface area contributed by atoms with Crippen LogP contribution < -0.4 is 18.9 Å². The summed E-state index contributed by atoms with van der Waals surface area (Å²) < 4.78 is 48.6. The molecule has 0 saturated heterocycles. The van der Waals surface area contributed by atoms with Crippen LogP contribution in [0.25, 0.3) is 0 Å². The van der Waals surface area contributed by atoms with Crippen LogP contribution in [0.4, 0.5) is 0 Å². The third kappa shape index (κ3) is 16.2. The van der Waals surface area contributed by atoms with Crippen LogP contribution in [0.3, 0.4) is 0 Å². The predicted molar refractivity (Wildman–Crippen MR) is 196 cm³/mol. The molecule has 0 N–H and O–H groups in total. The molecule has 0 amide bonds. The van der Waals surface area contributed by atoms with Gasteiger partial charge in [-0.25, -0.2) is 0 Å². The zero-order valence-corrected chi connectivity index (χ0v) is 32.1. The van der Waals surface area contributed by atoms with Gasteiger partial charge in [-0.1, -0.05) is 0 Å². The third-order valence-electron chi connectivity index (χ3n) is 6.27. The van der Waals surface area contributed by atoms with Crippen molar-refractivity contribution in [3.8, 4) is 23.0 Å². The number of para-hydroxylation sites is 4. The Morgan fingerprint density at radius 1 is 0.327 bits per heavy atom. The molecule has 0 aliphatic carbocycles. The monoisotopic (exact) mass is 870 g/mol. The van der Waals surface area contributed by atoms with Gasteiger partial charge in [-0.3, -0.25) is 0 Å². The molecule has 4 atom stereocenters. The Bertz CT molecular complexity index is 1200. The first-order valence-corrected chi connectivity index (χ1v) is 21.1. The minimum absolute atomic E-state index is 0.0100. The predicted octanol–water partition coefficient (Wildman–Crippen LogP) is 8.23. The number of rotatable bonds is 24. The zero-order chi connectivity index (χ0) is 34.6. The molecule has 0 aliphatic rings. The van der Waals surface area contributed by atoms with E-state index in [4.69, 9.17) is 77.8 Å². The van der Waals surface area contributed by atoms with Gasteiger partial charge in [-0.2, -0.15) is 0 Å². The molecule has 4 unspecified atom stereocenters. The van der Waals surface area contributed by atoms with Gasteiger partial charge in [0, 0.05) is 0 Å². The Hall–Kier alpha value is -2.13. The van der Waals surface area contributed by atoms with E-state index in [-0.39, 0.29) is 52.9 Å². The molecule has 4 aromatic rings. The average Bonchev–Trinajstić information content (AvgIpc) is 3.15. The molecule has 8 nitrogen and oxygen atoms in total. The van der Waals surface area contributed by atoms with E-state index in [9.17, 15) is 0 Å². The van der Waals surface area contributed by atoms with Gasteiger partial charge in [0.2, 0.25) is 0 Å². The summed E-state index contributed by atoms with van der Waals surface area (Å²) in [7, 11) is 0. The summed E-state index contributed by atoms with van der Waals surface area (Å²) in [5.74, 6) is 2.72. The molecule has 49 heavy (non-hydrogen) atoms. The van der Waals surface area contributed by atoms with Gasteiger partial charge in [0.15, 0.2) is 0 Å². The number of hydrogen-bond acceptors (Lipinski definition) is 8. The van der Waals surface area contributed by atoms with Gasteiger partial charge in [0.05, 0.1) is 0 Å². The molecule has 0 aliphatic heterocycles. The summed E-state index contributed by atoms with van der Waals surface area (Å²) in [6.45, 7) is 0.624. The summed E-state index contributed by atoms with van der Waals surface area (Å²) in [6, 6.07) is 37.4. The first-order chi connectivity index (χ1) is 23.9. The van der Waals surface area contributed by atoms with Crippen molar-refractivity contribution in [1.29, 1.82) is 0 Å². The topological polar surface area (TPSA) is 73.8 Å². The summed E-state index contributed by atoms with van der Waals surface area (Å²) >= 11 is 21.9. The molecule has 266 valence electrons. The van der Waals surface area contributed by atoms with Crippen LogP contribution in [0.15, 0.2) is 121 Å². The van der Waals surface area contributed by atoms with E-state index in [1.54, 1.807) is 0 Å². The molecule has 4 rings (SSSR count). The van der Waals surface area contributed by atoms with Crippen LogP contribution in [0.2, 0.25) is 0 Å². The number of alkyl halides is 4. The fraction of sp³-hybridized carbons (Fsp3) is 0.333. The summed E-state index contributed by atoms with van der Waals surface area (Å²) in [5, 5.41) is -2.29. The molecule has 4 aromatic carbocycles. The quantitative estimate of drug-likeness (QED) is 0.0516. The van der Waals surface area contributed by atoms with Crippen molar-refractivity contribution in [3.05, 3.63) is 121 Å². The molecule has 0 bridgehead atoms. The van der Waals surface area contributed by atoms with Gasteiger partial charge < -0.3 is 0 Å². The normalized spacial score (nSPS) is 15.6. The second kappa shape index (κ2) is 22.6. The molecule has 0 radical (unpaired) electrons. The maximum atomic E-state index is 6.65. The van der Waals surface area contributed by atoms with Crippen LogP contribution in [0, 0.1) is 0 Å². The Morgan fingerprint density at radius 2 is 0.531 bits per heavy atom. The molecule has 0 aromatic heterocycles. The first kappa shape index (κ1) is 39.7. The number of benzene rings is 4. The SMILES string of the molecule is ClC(COc1ccccc1)CO[Te](OCC(Cl)COc1ccccc1)(OCC(Cl)COc1ccccc1)OCC(Cl)COc1ccccc1. The second-order valence-electron chi connectivity index (χ2n) is 10.4. The van der Waals surface area contributed by atoms with Crippen molar-refractivity contribution in [2.24, 2.45) is 0 Å². The van der Waals surface area contributed by atoms with E-state index in [1.165, 1.54) is 0 Å². The van der Waals surface area contributed by atoms with Gasteiger partial charge >= 0.3 is 316 Å². The number of hydrogen-bond donors (Lipinski definition) is 0. The molecule has 0 saturated carbocycles. The Labute approximate surface area is 314 Å². The number of ether oxygens (including phenoxy) is 4. The Kier molecular flexibility index (Phi) is 18.3. The fourth-order valence-electron chi connectivity index (χ4n) is 3.84. The van der Waals surface area contributed by atoms with Crippen LogP contribution in [0.5, 0.6) is 23.0 Å². The van der Waals surface area contributed by atoms with Crippen molar-refractivity contribution < 1.29 is 31.4 Å². The Balaban J connectivity index is 1.43. The van der Waals surface area contributed by atoms with Crippen LogP contribution in [0.1, 0.15) is 0 Å². The third-order valence-corrected chi connectivity index (χ3v) is 12.1. The molecular formula is C36H40Cl4O8Te. The van der Waals surface area contributed by atoms with Gasteiger partial charge in [-0.05, 0) is 0 Å². The summed E-state index contributed by atoms with van der Waals surface area (Å²) in [6.07, 6.45) is 0. The zero-order valence-electron chi connectivity index (χ0n) is 26.7. The van der Waals surface area contributed by atoms with E-state index in [0.717, 1.165) is 0 Å². The average molecular weight is 870 g/mol. The van der Waals surface area contributed by atoms with Crippen molar-refractivity contribution in [2.75, 3.05) is 52.9 Å². The van der Waals surface area contributed by atoms with E-state index >= 15 is 0 Å².